The normalized spacial score (nSPS) is 11.0. The molecule has 2 rings (SSSR count). The van der Waals surface area contributed by atoms with Crippen molar-refractivity contribution >= 4 is 33.2 Å². The van der Waals surface area contributed by atoms with Gasteiger partial charge in [-0.15, -0.1) is 0 Å². The van der Waals surface area contributed by atoms with Gasteiger partial charge in [-0.1, -0.05) is 23.7 Å². The lowest BCUT2D eigenvalue weighted by molar-refractivity contribution is -0.115. The number of amides is 1. The molecule has 2 aromatic rings. The fourth-order valence-corrected chi connectivity index (χ4v) is 3.28. The molecule has 2 N–H and O–H groups in total. The molecule has 0 atom stereocenters. The standard InChI is InChI=1S/C15H15ClN2O4S/c1-22-12-8-6-11(7-9-12)18-15(19)10-17-23(20,21)14-5-3-2-4-13(14)16/h2-9,17H,10H2,1H3,(H,18,19). The van der Waals surface area contributed by atoms with Crippen molar-refractivity contribution in [3.05, 3.63) is 53.6 Å². The molecule has 0 aliphatic heterocycles. The molecule has 23 heavy (non-hydrogen) atoms. The lowest BCUT2D eigenvalue weighted by atomic mass is 10.3. The Kier molecular flexibility index (Phi) is 5.59. The Morgan fingerprint density at radius 1 is 1.13 bits per heavy atom. The van der Waals surface area contributed by atoms with E-state index >= 15 is 0 Å². The van der Waals surface area contributed by atoms with Crippen molar-refractivity contribution in [2.45, 2.75) is 4.90 Å². The SMILES string of the molecule is COc1ccc(NC(=O)CNS(=O)(=O)c2ccccc2Cl)cc1. The number of rotatable bonds is 6. The minimum atomic E-state index is -3.85. The second-order valence-electron chi connectivity index (χ2n) is 4.53. The average molecular weight is 355 g/mol. The zero-order chi connectivity index (χ0) is 16.9. The number of sulfonamides is 1. The van der Waals surface area contributed by atoms with Gasteiger partial charge in [0.05, 0.1) is 18.7 Å². The Bertz CT molecular complexity index is 791. The summed E-state index contributed by atoms with van der Waals surface area (Å²) in [5, 5.41) is 2.67. The van der Waals surface area contributed by atoms with Crippen molar-refractivity contribution in [1.82, 2.24) is 4.72 Å². The summed E-state index contributed by atoms with van der Waals surface area (Å²) in [6.07, 6.45) is 0. The van der Waals surface area contributed by atoms with Gasteiger partial charge in [0.2, 0.25) is 15.9 Å². The van der Waals surface area contributed by atoms with Crippen LogP contribution in [0.15, 0.2) is 53.4 Å². The van der Waals surface area contributed by atoms with Gasteiger partial charge in [-0.2, -0.15) is 0 Å². The van der Waals surface area contributed by atoms with Crippen LogP contribution in [0.4, 0.5) is 5.69 Å². The molecule has 8 heteroatoms. The van der Waals surface area contributed by atoms with Gasteiger partial charge in [0.1, 0.15) is 10.6 Å². The summed E-state index contributed by atoms with van der Waals surface area (Å²) in [5.74, 6) is 0.160. The summed E-state index contributed by atoms with van der Waals surface area (Å²) in [4.78, 5) is 11.8. The van der Waals surface area contributed by atoms with Crippen LogP contribution in [0.2, 0.25) is 5.02 Å². The van der Waals surface area contributed by atoms with Gasteiger partial charge in [-0.3, -0.25) is 4.79 Å². The molecule has 0 aromatic heterocycles. The molecule has 0 bridgehead atoms. The predicted octanol–water partition coefficient (Wildman–Crippen LogP) is 2.27. The predicted molar refractivity (Wildman–Crippen MR) is 88.3 cm³/mol. The maximum absolute atomic E-state index is 12.1. The molecule has 0 spiro atoms. The van der Waals surface area contributed by atoms with Crippen LogP contribution in [0.5, 0.6) is 5.75 Å². The maximum Gasteiger partial charge on any atom is 0.242 e. The Morgan fingerprint density at radius 3 is 2.39 bits per heavy atom. The Labute approximate surface area is 139 Å². The van der Waals surface area contributed by atoms with E-state index in [1.165, 1.54) is 19.2 Å². The van der Waals surface area contributed by atoms with Crippen molar-refractivity contribution in [2.75, 3.05) is 19.0 Å². The first-order valence-electron chi connectivity index (χ1n) is 6.60. The molecule has 0 aliphatic rings. The smallest absolute Gasteiger partial charge is 0.242 e. The van der Waals surface area contributed by atoms with Gasteiger partial charge in [0.25, 0.3) is 0 Å². The van der Waals surface area contributed by atoms with Crippen LogP contribution in [0.3, 0.4) is 0 Å². The molecule has 0 fully saturated rings. The van der Waals surface area contributed by atoms with E-state index in [9.17, 15) is 13.2 Å². The fraction of sp³-hybridized carbons (Fsp3) is 0.133. The number of carbonyl (C=O) groups excluding carboxylic acids is 1. The number of ether oxygens (including phenoxy) is 1. The van der Waals surface area contributed by atoms with E-state index in [-0.39, 0.29) is 9.92 Å². The second kappa shape index (κ2) is 7.45. The summed E-state index contributed by atoms with van der Waals surface area (Å²) >= 11 is 5.85. The number of anilines is 1. The van der Waals surface area contributed by atoms with E-state index in [4.69, 9.17) is 16.3 Å². The molecule has 6 nitrogen and oxygen atoms in total. The van der Waals surface area contributed by atoms with Crippen molar-refractivity contribution in [3.8, 4) is 5.75 Å². The van der Waals surface area contributed by atoms with Gasteiger partial charge in [-0.25, -0.2) is 13.1 Å². The number of methoxy groups -OCH3 is 1. The number of benzene rings is 2. The fourth-order valence-electron chi connectivity index (χ4n) is 1.78. The highest BCUT2D eigenvalue weighted by atomic mass is 35.5. The lowest BCUT2D eigenvalue weighted by Crippen LogP contribution is -2.33. The highest BCUT2D eigenvalue weighted by molar-refractivity contribution is 7.89. The van der Waals surface area contributed by atoms with Crippen LogP contribution < -0.4 is 14.8 Å². The van der Waals surface area contributed by atoms with Crippen LogP contribution in [0, 0.1) is 0 Å². The Balaban J connectivity index is 1.97. The highest BCUT2D eigenvalue weighted by Gasteiger charge is 2.18. The number of hydrogen-bond donors (Lipinski definition) is 2. The van der Waals surface area contributed by atoms with E-state index in [0.717, 1.165) is 0 Å². The second-order valence-corrected chi connectivity index (χ2v) is 6.67. The average Bonchev–Trinajstić information content (AvgIpc) is 2.54. The van der Waals surface area contributed by atoms with Gasteiger partial charge in [0.15, 0.2) is 0 Å². The van der Waals surface area contributed by atoms with E-state index in [1.54, 1.807) is 36.4 Å². The molecule has 1 amide bonds. The zero-order valence-corrected chi connectivity index (χ0v) is 13.8. The molecule has 2 aromatic carbocycles. The third-order valence-corrected chi connectivity index (χ3v) is 4.82. The van der Waals surface area contributed by atoms with E-state index < -0.39 is 22.5 Å². The number of carbonyl (C=O) groups is 1. The van der Waals surface area contributed by atoms with Crippen LogP contribution in [0.25, 0.3) is 0 Å². The van der Waals surface area contributed by atoms with E-state index in [0.29, 0.717) is 11.4 Å². The third-order valence-electron chi connectivity index (χ3n) is 2.92. The lowest BCUT2D eigenvalue weighted by Gasteiger charge is -2.09. The first-order chi connectivity index (χ1) is 10.9. The van der Waals surface area contributed by atoms with Gasteiger partial charge in [-0.05, 0) is 36.4 Å². The molecule has 0 unspecified atom stereocenters. The molecule has 0 heterocycles. The Hall–Kier alpha value is -2.09. The largest absolute Gasteiger partial charge is 0.497 e. The van der Waals surface area contributed by atoms with Gasteiger partial charge in [0, 0.05) is 5.69 Å². The maximum atomic E-state index is 12.1. The summed E-state index contributed by atoms with van der Waals surface area (Å²) < 4.78 is 31.4. The number of hydrogen-bond acceptors (Lipinski definition) is 4. The highest BCUT2D eigenvalue weighted by Crippen LogP contribution is 2.20. The van der Waals surface area contributed by atoms with Crippen LogP contribution in [0.1, 0.15) is 0 Å². The summed E-state index contributed by atoms with van der Waals surface area (Å²) in [6.45, 7) is -0.403. The molecule has 0 radical (unpaired) electrons. The van der Waals surface area contributed by atoms with Crippen LogP contribution in [-0.2, 0) is 14.8 Å². The van der Waals surface area contributed by atoms with Gasteiger partial charge < -0.3 is 10.1 Å². The van der Waals surface area contributed by atoms with E-state index in [2.05, 4.69) is 10.0 Å². The van der Waals surface area contributed by atoms with Crippen molar-refractivity contribution in [2.24, 2.45) is 0 Å². The number of halogens is 1. The minimum absolute atomic E-state index is 0.0704. The van der Waals surface area contributed by atoms with Gasteiger partial charge >= 0.3 is 0 Å². The zero-order valence-electron chi connectivity index (χ0n) is 12.2. The molecule has 0 aliphatic carbocycles. The topological polar surface area (TPSA) is 84.5 Å². The minimum Gasteiger partial charge on any atom is -0.497 e. The first kappa shape index (κ1) is 17.3. The monoisotopic (exact) mass is 354 g/mol. The summed E-state index contributed by atoms with van der Waals surface area (Å²) in [6, 6.07) is 12.7. The van der Waals surface area contributed by atoms with Crippen molar-refractivity contribution in [1.29, 1.82) is 0 Å². The summed E-state index contributed by atoms with van der Waals surface area (Å²) in [7, 11) is -2.31. The Morgan fingerprint density at radius 2 is 1.78 bits per heavy atom. The molecule has 0 saturated carbocycles. The molecular weight excluding hydrogens is 340 g/mol. The summed E-state index contributed by atoms with van der Waals surface area (Å²) in [5.41, 5.74) is 0.535. The van der Waals surface area contributed by atoms with Crippen LogP contribution >= 0.6 is 11.6 Å². The van der Waals surface area contributed by atoms with Crippen molar-refractivity contribution < 1.29 is 17.9 Å². The number of nitrogens with one attached hydrogen (secondary N) is 2. The molecule has 0 saturated heterocycles. The molecular formula is C15H15ClN2O4S. The molecule has 122 valence electrons. The quantitative estimate of drug-likeness (QED) is 0.833. The van der Waals surface area contributed by atoms with E-state index in [1.807, 2.05) is 0 Å². The van der Waals surface area contributed by atoms with Crippen LogP contribution in [-0.4, -0.2) is 28.0 Å². The third kappa shape index (κ3) is 4.69. The first-order valence-corrected chi connectivity index (χ1v) is 8.46. The van der Waals surface area contributed by atoms with Crippen molar-refractivity contribution in [3.63, 3.8) is 0 Å².